The molecule has 2 amide bonds. The average Bonchev–Trinajstić information content (AvgIpc) is 3.21. The van der Waals surface area contributed by atoms with E-state index in [9.17, 15) is 14.4 Å². The molecule has 9 heteroatoms. The zero-order valence-electron chi connectivity index (χ0n) is 20.7. The second kappa shape index (κ2) is 8.57. The van der Waals surface area contributed by atoms with E-state index in [0.717, 1.165) is 5.56 Å². The van der Waals surface area contributed by atoms with Crippen LogP contribution >= 0.6 is 0 Å². The van der Waals surface area contributed by atoms with Gasteiger partial charge in [0, 0.05) is 5.69 Å². The molecular formula is C26H29N5O4. The largest absolute Gasteiger partial charge is 0.444 e. The fourth-order valence-electron chi connectivity index (χ4n) is 4.14. The first-order valence-electron chi connectivity index (χ1n) is 11.3. The number of carbonyl (C=O) groups is 2. The molecule has 0 saturated heterocycles. The highest BCUT2D eigenvalue weighted by atomic mass is 16.6. The predicted octanol–water partition coefficient (Wildman–Crippen LogP) is 3.93. The summed E-state index contributed by atoms with van der Waals surface area (Å²) >= 11 is 0. The van der Waals surface area contributed by atoms with Gasteiger partial charge in [-0.25, -0.2) is 9.48 Å². The Morgan fingerprint density at radius 2 is 1.60 bits per heavy atom. The Balaban J connectivity index is 1.90. The number of hydrogen-bond donors (Lipinski definition) is 2. The number of aryl methyl sites for hydroxylation is 2. The molecule has 182 valence electrons. The number of hydrazone groups is 1. The van der Waals surface area contributed by atoms with E-state index in [1.807, 2.05) is 25.1 Å². The molecule has 2 aromatic carbocycles. The summed E-state index contributed by atoms with van der Waals surface area (Å²) in [7, 11) is 0. The molecule has 0 saturated carbocycles. The molecular weight excluding hydrogens is 446 g/mol. The number of amides is 2. The van der Waals surface area contributed by atoms with Crippen LogP contribution in [0.1, 0.15) is 44.5 Å². The quantitative estimate of drug-likeness (QED) is 0.596. The Bertz CT molecular complexity index is 1360. The van der Waals surface area contributed by atoms with Crippen molar-refractivity contribution in [1.82, 2.24) is 15.1 Å². The lowest BCUT2D eigenvalue weighted by Gasteiger charge is -2.30. The molecule has 0 unspecified atom stereocenters. The summed E-state index contributed by atoms with van der Waals surface area (Å²) in [5.41, 5.74) is -0.247. The summed E-state index contributed by atoms with van der Waals surface area (Å²) in [5.74, 6) is -0.581. The molecule has 1 aliphatic heterocycles. The molecule has 0 radical (unpaired) electrons. The van der Waals surface area contributed by atoms with Gasteiger partial charge in [0.05, 0.1) is 22.6 Å². The van der Waals surface area contributed by atoms with Crippen molar-refractivity contribution in [1.29, 1.82) is 0 Å². The minimum atomic E-state index is -1.86. The predicted molar refractivity (Wildman–Crippen MR) is 134 cm³/mol. The topological polar surface area (TPSA) is 109 Å². The van der Waals surface area contributed by atoms with Gasteiger partial charge in [-0.2, -0.15) is 10.1 Å². The van der Waals surface area contributed by atoms with Crippen LogP contribution in [0.15, 0.2) is 64.5 Å². The lowest BCUT2D eigenvalue weighted by molar-refractivity contribution is -0.122. The van der Waals surface area contributed by atoms with Crippen LogP contribution in [0, 0.1) is 13.8 Å². The molecule has 0 bridgehead atoms. The molecule has 0 aliphatic carbocycles. The third-order valence-corrected chi connectivity index (χ3v) is 5.73. The van der Waals surface area contributed by atoms with E-state index in [0.29, 0.717) is 17.1 Å². The number of nitrogens with one attached hydrogen (secondary N) is 2. The van der Waals surface area contributed by atoms with Crippen molar-refractivity contribution in [3.8, 4) is 5.69 Å². The number of carbonyl (C=O) groups excluding carboxylic acids is 2. The Kier molecular flexibility index (Phi) is 5.88. The highest BCUT2D eigenvalue weighted by molar-refractivity contribution is 6.23. The van der Waals surface area contributed by atoms with Gasteiger partial charge in [0.1, 0.15) is 5.60 Å². The van der Waals surface area contributed by atoms with Gasteiger partial charge >= 0.3 is 6.09 Å². The van der Waals surface area contributed by atoms with E-state index >= 15 is 0 Å². The summed E-state index contributed by atoms with van der Waals surface area (Å²) in [6, 6.07) is 16.2. The summed E-state index contributed by atoms with van der Waals surface area (Å²) in [4.78, 5) is 40.8. The SMILES string of the molecule is CC1=NN(c2ccccc2)C(=O)[C@]1(NC(=O)OC(C)(C)C)c1c(C)[nH]n(-c2ccc(C)cc2)c1=O. The van der Waals surface area contributed by atoms with Gasteiger partial charge in [-0.3, -0.25) is 20.0 Å². The number of nitrogens with zero attached hydrogens (tertiary/aromatic N) is 3. The molecule has 35 heavy (non-hydrogen) atoms. The zero-order valence-corrected chi connectivity index (χ0v) is 20.7. The number of para-hydroxylation sites is 1. The van der Waals surface area contributed by atoms with Gasteiger partial charge in [-0.05, 0) is 65.8 Å². The molecule has 4 rings (SSSR count). The highest BCUT2D eigenvalue weighted by Crippen LogP contribution is 2.34. The molecule has 2 N–H and O–H groups in total. The van der Waals surface area contributed by atoms with Crippen LogP contribution in [0.25, 0.3) is 5.69 Å². The Morgan fingerprint density at radius 1 is 0.971 bits per heavy atom. The van der Waals surface area contributed by atoms with Crippen LogP contribution < -0.4 is 15.9 Å². The first kappa shape index (κ1) is 24.0. The number of benzene rings is 2. The van der Waals surface area contributed by atoms with Crippen molar-refractivity contribution in [2.24, 2.45) is 5.10 Å². The van der Waals surface area contributed by atoms with E-state index < -0.39 is 28.7 Å². The van der Waals surface area contributed by atoms with Gasteiger partial charge in [-0.1, -0.05) is 35.9 Å². The van der Waals surface area contributed by atoms with Crippen molar-refractivity contribution >= 4 is 23.4 Å². The monoisotopic (exact) mass is 475 g/mol. The second-order valence-electron chi connectivity index (χ2n) is 9.60. The lowest BCUT2D eigenvalue weighted by Crippen LogP contribution is -2.59. The molecule has 3 aromatic rings. The van der Waals surface area contributed by atoms with Crippen molar-refractivity contribution in [3.63, 3.8) is 0 Å². The van der Waals surface area contributed by atoms with Crippen LogP contribution in [-0.2, 0) is 15.1 Å². The summed E-state index contributed by atoms with van der Waals surface area (Å²) in [6.45, 7) is 10.4. The maximum absolute atomic E-state index is 14.0. The maximum Gasteiger partial charge on any atom is 0.409 e. The Morgan fingerprint density at radius 3 is 2.20 bits per heavy atom. The summed E-state index contributed by atoms with van der Waals surface area (Å²) in [5, 5.41) is 11.4. The first-order valence-corrected chi connectivity index (χ1v) is 11.3. The van der Waals surface area contributed by atoms with E-state index in [-0.39, 0.29) is 11.3 Å². The van der Waals surface area contributed by atoms with Crippen molar-refractivity contribution in [3.05, 3.63) is 81.8 Å². The van der Waals surface area contributed by atoms with Gasteiger partial charge in [0.15, 0.2) is 5.54 Å². The van der Waals surface area contributed by atoms with Gasteiger partial charge in [0.2, 0.25) is 0 Å². The molecule has 9 nitrogen and oxygen atoms in total. The van der Waals surface area contributed by atoms with Crippen molar-refractivity contribution in [2.75, 3.05) is 5.01 Å². The number of aromatic amines is 1. The molecule has 1 atom stereocenters. The van der Waals surface area contributed by atoms with Crippen LogP contribution in [0.4, 0.5) is 10.5 Å². The zero-order chi connectivity index (χ0) is 25.5. The standard InChI is InChI=1S/C26H29N5O4/c1-16-12-14-20(15-13-16)30-22(32)21(17(2)28-30)26(27-24(34)35-25(4,5)6)18(3)29-31(23(26)33)19-10-8-7-9-11-19/h7-15,28H,1-6H3,(H,27,34)/t26-/m1/s1. The van der Waals surface area contributed by atoms with Crippen LogP contribution in [0.3, 0.4) is 0 Å². The van der Waals surface area contributed by atoms with Gasteiger partial charge in [0.25, 0.3) is 11.5 Å². The first-order chi connectivity index (χ1) is 16.4. The number of aromatic nitrogens is 2. The smallest absolute Gasteiger partial charge is 0.409 e. The number of anilines is 1. The molecule has 0 fully saturated rings. The van der Waals surface area contributed by atoms with Crippen LogP contribution in [0.2, 0.25) is 0 Å². The highest BCUT2D eigenvalue weighted by Gasteiger charge is 2.56. The Hall–Kier alpha value is -4.14. The van der Waals surface area contributed by atoms with E-state index in [4.69, 9.17) is 4.74 Å². The summed E-state index contributed by atoms with van der Waals surface area (Å²) in [6.07, 6.45) is -0.836. The molecule has 2 heterocycles. The van der Waals surface area contributed by atoms with Crippen molar-refractivity contribution < 1.29 is 14.3 Å². The van der Waals surface area contributed by atoms with E-state index in [1.165, 1.54) is 9.69 Å². The number of ether oxygens (including phenoxy) is 1. The average molecular weight is 476 g/mol. The molecule has 0 spiro atoms. The lowest BCUT2D eigenvalue weighted by atomic mass is 9.85. The number of hydrogen-bond acceptors (Lipinski definition) is 5. The third-order valence-electron chi connectivity index (χ3n) is 5.73. The molecule has 1 aromatic heterocycles. The van der Waals surface area contributed by atoms with Gasteiger partial charge < -0.3 is 4.74 Å². The maximum atomic E-state index is 14.0. The Labute approximate surface area is 203 Å². The van der Waals surface area contributed by atoms with Gasteiger partial charge in [-0.15, -0.1) is 0 Å². The minimum absolute atomic E-state index is 0.0774. The normalized spacial score (nSPS) is 17.9. The van der Waals surface area contributed by atoms with E-state index in [1.54, 1.807) is 71.0 Å². The van der Waals surface area contributed by atoms with Crippen molar-refractivity contribution in [2.45, 2.75) is 52.7 Å². The summed E-state index contributed by atoms with van der Waals surface area (Å²) < 4.78 is 6.83. The molecule has 1 aliphatic rings. The second-order valence-corrected chi connectivity index (χ2v) is 9.60. The van der Waals surface area contributed by atoms with E-state index in [2.05, 4.69) is 15.5 Å². The van der Waals surface area contributed by atoms with Crippen LogP contribution in [-0.4, -0.2) is 33.1 Å². The van der Waals surface area contributed by atoms with Crippen LogP contribution in [0.5, 0.6) is 0 Å². The fourth-order valence-corrected chi connectivity index (χ4v) is 4.14. The minimum Gasteiger partial charge on any atom is -0.444 e. The third kappa shape index (κ3) is 4.25. The number of rotatable bonds is 4. The number of alkyl carbamates (subject to hydrolysis) is 1. The fraction of sp³-hybridized carbons (Fsp3) is 0.308. The number of H-pyrrole nitrogens is 1.